The lowest BCUT2D eigenvalue weighted by Crippen LogP contribution is -2.46. The number of hydrogen-bond donors (Lipinski definition) is 1. The van der Waals surface area contributed by atoms with E-state index in [0.29, 0.717) is 0 Å². The Morgan fingerprint density at radius 2 is 2.15 bits per heavy atom. The number of aromatic nitrogens is 1. The molecule has 0 radical (unpaired) electrons. The standard InChI is InChI=1S/C17H21NO2/c1-17(2)9-3-6-15(16(17)19)20-13-8-7-12-5-4-10-18-14(12)11-13/h4-5,7-8,10-11,15-16,19H,3,6,9H2,1-2H3. The highest BCUT2D eigenvalue weighted by molar-refractivity contribution is 5.79. The van der Waals surface area contributed by atoms with E-state index < -0.39 is 6.10 Å². The van der Waals surface area contributed by atoms with Gasteiger partial charge in [0.1, 0.15) is 11.9 Å². The van der Waals surface area contributed by atoms with Crippen molar-refractivity contribution >= 4 is 10.9 Å². The number of ether oxygens (including phenoxy) is 1. The molecule has 1 aromatic heterocycles. The van der Waals surface area contributed by atoms with E-state index in [4.69, 9.17) is 4.74 Å². The summed E-state index contributed by atoms with van der Waals surface area (Å²) in [4.78, 5) is 4.34. The summed E-state index contributed by atoms with van der Waals surface area (Å²) in [6, 6.07) is 9.88. The van der Waals surface area contributed by atoms with Crippen molar-refractivity contribution in [2.45, 2.75) is 45.3 Å². The molecule has 2 aromatic rings. The van der Waals surface area contributed by atoms with Crippen LogP contribution in [0.15, 0.2) is 36.5 Å². The molecular formula is C17H21NO2. The van der Waals surface area contributed by atoms with Gasteiger partial charge in [0.05, 0.1) is 11.6 Å². The zero-order valence-electron chi connectivity index (χ0n) is 12.0. The molecule has 3 nitrogen and oxygen atoms in total. The number of fused-ring (bicyclic) bond motifs is 1. The third-order valence-electron chi connectivity index (χ3n) is 4.33. The van der Waals surface area contributed by atoms with Crippen molar-refractivity contribution in [1.82, 2.24) is 4.98 Å². The Bertz CT molecular complexity index is 609. The zero-order valence-corrected chi connectivity index (χ0v) is 12.0. The quantitative estimate of drug-likeness (QED) is 0.908. The second-order valence-electron chi connectivity index (χ2n) is 6.34. The molecule has 1 aliphatic rings. The largest absolute Gasteiger partial charge is 0.488 e. The summed E-state index contributed by atoms with van der Waals surface area (Å²) < 4.78 is 6.02. The Hall–Kier alpha value is -1.61. The van der Waals surface area contributed by atoms with Crippen LogP contribution in [-0.4, -0.2) is 22.3 Å². The molecular weight excluding hydrogens is 250 g/mol. The number of aliphatic hydroxyl groups is 1. The van der Waals surface area contributed by atoms with Crippen LogP contribution in [0.25, 0.3) is 10.9 Å². The van der Waals surface area contributed by atoms with E-state index >= 15 is 0 Å². The van der Waals surface area contributed by atoms with Crippen molar-refractivity contribution in [1.29, 1.82) is 0 Å². The maximum atomic E-state index is 10.4. The fourth-order valence-electron chi connectivity index (χ4n) is 2.99. The number of nitrogens with zero attached hydrogens (tertiary/aromatic N) is 1. The van der Waals surface area contributed by atoms with E-state index in [0.717, 1.165) is 35.9 Å². The maximum absolute atomic E-state index is 10.4. The van der Waals surface area contributed by atoms with Gasteiger partial charge in [0, 0.05) is 17.6 Å². The van der Waals surface area contributed by atoms with Crippen LogP contribution < -0.4 is 4.74 Å². The first-order chi connectivity index (χ1) is 9.56. The number of hydrogen-bond acceptors (Lipinski definition) is 3. The summed E-state index contributed by atoms with van der Waals surface area (Å²) in [5.74, 6) is 0.790. The molecule has 1 N–H and O–H groups in total. The molecule has 106 valence electrons. The van der Waals surface area contributed by atoms with E-state index in [-0.39, 0.29) is 11.5 Å². The molecule has 1 aliphatic carbocycles. The molecule has 0 bridgehead atoms. The molecule has 0 spiro atoms. The predicted octanol–water partition coefficient (Wildman–Crippen LogP) is 3.55. The van der Waals surface area contributed by atoms with Gasteiger partial charge < -0.3 is 9.84 Å². The van der Waals surface area contributed by atoms with E-state index in [1.165, 1.54) is 0 Å². The van der Waals surface area contributed by atoms with Crippen molar-refractivity contribution in [2.75, 3.05) is 0 Å². The predicted molar refractivity (Wildman–Crippen MR) is 79.8 cm³/mol. The van der Waals surface area contributed by atoms with E-state index in [9.17, 15) is 5.11 Å². The Balaban J connectivity index is 1.82. The minimum absolute atomic E-state index is 0.0714. The molecule has 1 heterocycles. The van der Waals surface area contributed by atoms with Crippen LogP contribution in [0.4, 0.5) is 0 Å². The third kappa shape index (κ3) is 2.50. The highest BCUT2D eigenvalue weighted by Crippen LogP contribution is 2.37. The number of rotatable bonds is 2. The normalized spacial score (nSPS) is 25.6. The summed E-state index contributed by atoms with van der Waals surface area (Å²) in [6.45, 7) is 4.21. The molecule has 1 fully saturated rings. The Morgan fingerprint density at radius 3 is 3.00 bits per heavy atom. The fourth-order valence-corrected chi connectivity index (χ4v) is 2.99. The fraction of sp³-hybridized carbons (Fsp3) is 0.471. The second kappa shape index (κ2) is 5.06. The SMILES string of the molecule is CC1(C)CCCC(Oc2ccc3cccnc3c2)C1O. The van der Waals surface area contributed by atoms with Gasteiger partial charge in [0.25, 0.3) is 0 Å². The number of aliphatic hydroxyl groups excluding tert-OH is 1. The van der Waals surface area contributed by atoms with Gasteiger partial charge in [-0.15, -0.1) is 0 Å². The molecule has 2 unspecified atom stereocenters. The summed E-state index contributed by atoms with van der Waals surface area (Å²) in [5, 5.41) is 11.5. The summed E-state index contributed by atoms with van der Waals surface area (Å²) in [5.41, 5.74) is 0.854. The van der Waals surface area contributed by atoms with Gasteiger partial charge in [-0.25, -0.2) is 0 Å². The van der Waals surface area contributed by atoms with Crippen LogP contribution in [0.5, 0.6) is 5.75 Å². The van der Waals surface area contributed by atoms with E-state index in [1.54, 1.807) is 6.20 Å². The summed E-state index contributed by atoms with van der Waals surface area (Å²) >= 11 is 0. The average molecular weight is 271 g/mol. The van der Waals surface area contributed by atoms with Gasteiger partial charge in [-0.3, -0.25) is 4.98 Å². The van der Waals surface area contributed by atoms with Crippen molar-refractivity contribution in [3.05, 3.63) is 36.5 Å². The molecule has 1 saturated carbocycles. The molecule has 3 rings (SSSR count). The Labute approximate surface area is 119 Å². The number of benzene rings is 1. The van der Waals surface area contributed by atoms with Gasteiger partial charge in [-0.05, 0) is 42.9 Å². The Kier molecular flexibility index (Phi) is 3.38. The van der Waals surface area contributed by atoms with Crippen molar-refractivity contribution in [3.8, 4) is 5.75 Å². The topological polar surface area (TPSA) is 42.4 Å². The van der Waals surface area contributed by atoms with Gasteiger partial charge in [0.2, 0.25) is 0 Å². The average Bonchev–Trinajstić information content (AvgIpc) is 2.44. The first-order valence-electron chi connectivity index (χ1n) is 7.26. The second-order valence-corrected chi connectivity index (χ2v) is 6.34. The Morgan fingerprint density at radius 1 is 1.30 bits per heavy atom. The highest BCUT2D eigenvalue weighted by atomic mass is 16.5. The lowest BCUT2D eigenvalue weighted by Gasteiger charge is -2.40. The molecule has 0 aliphatic heterocycles. The smallest absolute Gasteiger partial charge is 0.125 e. The van der Waals surface area contributed by atoms with Crippen LogP contribution in [0, 0.1) is 5.41 Å². The molecule has 3 heteroatoms. The van der Waals surface area contributed by atoms with Crippen LogP contribution >= 0.6 is 0 Å². The lowest BCUT2D eigenvalue weighted by atomic mass is 9.73. The molecule has 0 saturated heterocycles. The molecule has 20 heavy (non-hydrogen) atoms. The van der Waals surface area contributed by atoms with Crippen LogP contribution in [0.1, 0.15) is 33.1 Å². The van der Waals surface area contributed by atoms with Crippen LogP contribution in [-0.2, 0) is 0 Å². The van der Waals surface area contributed by atoms with E-state index in [1.807, 2.05) is 30.3 Å². The molecule has 1 aromatic carbocycles. The maximum Gasteiger partial charge on any atom is 0.125 e. The lowest BCUT2D eigenvalue weighted by molar-refractivity contribution is -0.0689. The van der Waals surface area contributed by atoms with Gasteiger partial charge >= 0.3 is 0 Å². The first-order valence-corrected chi connectivity index (χ1v) is 7.26. The van der Waals surface area contributed by atoms with Gasteiger partial charge in [-0.1, -0.05) is 19.9 Å². The van der Waals surface area contributed by atoms with E-state index in [2.05, 4.69) is 18.8 Å². The summed E-state index contributed by atoms with van der Waals surface area (Å²) in [7, 11) is 0. The minimum Gasteiger partial charge on any atom is -0.488 e. The zero-order chi connectivity index (χ0) is 14.2. The minimum atomic E-state index is -0.421. The van der Waals surface area contributed by atoms with Crippen molar-refractivity contribution in [3.63, 3.8) is 0 Å². The monoisotopic (exact) mass is 271 g/mol. The van der Waals surface area contributed by atoms with Crippen molar-refractivity contribution < 1.29 is 9.84 Å². The van der Waals surface area contributed by atoms with Gasteiger partial charge in [0.15, 0.2) is 0 Å². The highest BCUT2D eigenvalue weighted by Gasteiger charge is 2.39. The number of pyridine rings is 1. The molecule has 2 atom stereocenters. The first kappa shape index (κ1) is 13.4. The van der Waals surface area contributed by atoms with Crippen molar-refractivity contribution in [2.24, 2.45) is 5.41 Å². The summed E-state index contributed by atoms with van der Waals surface area (Å²) in [6.07, 6.45) is 4.29. The van der Waals surface area contributed by atoms with Crippen LogP contribution in [0.2, 0.25) is 0 Å². The molecule has 0 amide bonds. The van der Waals surface area contributed by atoms with Gasteiger partial charge in [-0.2, -0.15) is 0 Å². The third-order valence-corrected chi connectivity index (χ3v) is 4.33. The van der Waals surface area contributed by atoms with Crippen LogP contribution in [0.3, 0.4) is 0 Å².